The summed E-state index contributed by atoms with van der Waals surface area (Å²) in [4.78, 5) is 23.0. The van der Waals surface area contributed by atoms with Crippen LogP contribution in [-0.4, -0.2) is 59.2 Å². The maximum Gasteiger partial charge on any atom is 0.261 e. The Morgan fingerprint density at radius 2 is 1.93 bits per heavy atom. The van der Waals surface area contributed by atoms with Gasteiger partial charge in [-0.15, -0.1) is 0 Å². The van der Waals surface area contributed by atoms with Crippen LogP contribution in [0, 0.1) is 5.82 Å². The first-order valence-electron chi connectivity index (χ1n) is 10.8. The van der Waals surface area contributed by atoms with Crippen LogP contribution >= 0.6 is 0 Å². The van der Waals surface area contributed by atoms with Crippen molar-refractivity contribution < 1.29 is 9.13 Å². The first-order chi connectivity index (χ1) is 14.0. The second-order valence-corrected chi connectivity index (χ2v) is 7.65. The average Bonchev–Trinajstić information content (AvgIpc) is 2.97. The molecule has 29 heavy (non-hydrogen) atoms. The van der Waals surface area contributed by atoms with Gasteiger partial charge in [0.15, 0.2) is 11.6 Å². The molecule has 1 saturated heterocycles. The van der Waals surface area contributed by atoms with Gasteiger partial charge >= 0.3 is 0 Å². The van der Waals surface area contributed by atoms with Crippen molar-refractivity contribution in [3.8, 4) is 5.75 Å². The van der Waals surface area contributed by atoms with Crippen molar-refractivity contribution in [3.05, 3.63) is 34.1 Å². The molecule has 0 saturated carbocycles. The van der Waals surface area contributed by atoms with E-state index >= 15 is 0 Å². The maximum absolute atomic E-state index is 14.2. The summed E-state index contributed by atoms with van der Waals surface area (Å²) in [5.41, 5.74) is 0.319. The smallest absolute Gasteiger partial charge is 0.261 e. The molecule has 0 amide bonds. The van der Waals surface area contributed by atoms with Gasteiger partial charge in [0.2, 0.25) is 0 Å². The lowest BCUT2D eigenvalue weighted by atomic mass is 10.1. The number of rotatable bonds is 7. The Labute approximate surface area is 172 Å². The Kier molecular flexibility index (Phi) is 7.24. The van der Waals surface area contributed by atoms with Gasteiger partial charge in [-0.1, -0.05) is 20.3 Å². The molecule has 6 nitrogen and oxygen atoms in total. The molecule has 0 spiro atoms. The SMILES string of the molecule is CCCC(c1nc2cc(OC)c(F)cc2c(=O)n1CC)N1CCCN(CC)CC1. The number of likely N-dealkylation sites (N-methyl/N-ethyl adjacent to an activating group) is 1. The second kappa shape index (κ2) is 9.67. The summed E-state index contributed by atoms with van der Waals surface area (Å²) in [6.45, 7) is 12.0. The van der Waals surface area contributed by atoms with Gasteiger partial charge in [0.25, 0.3) is 5.56 Å². The van der Waals surface area contributed by atoms with Crippen molar-refractivity contribution >= 4 is 10.9 Å². The van der Waals surface area contributed by atoms with Gasteiger partial charge in [0.1, 0.15) is 5.82 Å². The van der Waals surface area contributed by atoms with Crippen molar-refractivity contribution in [2.75, 3.05) is 39.8 Å². The third-order valence-electron chi connectivity index (χ3n) is 5.94. The van der Waals surface area contributed by atoms with E-state index in [0.717, 1.165) is 57.8 Å². The van der Waals surface area contributed by atoms with Crippen LogP contribution < -0.4 is 10.3 Å². The van der Waals surface area contributed by atoms with Gasteiger partial charge in [-0.25, -0.2) is 9.37 Å². The molecule has 3 rings (SSSR count). The molecule has 0 aliphatic carbocycles. The summed E-state index contributed by atoms with van der Waals surface area (Å²) in [6.07, 6.45) is 3.04. The summed E-state index contributed by atoms with van der Waals surface area (Å²) in [5.74, 6) is 0.363. The zero-order valence-corrected chi connectivity index (χ0v) is 18.1. The van der Waals surface area contributed by atoms with Gasteiger partial charge in [-0.3, -0.25) is 14.3 Å². The van der Waals surface area contributed by atoms with Crippen molar-refractivity contribution in [1.29, 1.82) is 0 Å². The van der Waals surface area contributed by atoms with Crippen molar-refractivity contribution in [2.45, 2.75) is 52.6 Å². The normalized spacial score (nSPS) is 17.4. The molecule has 1 atom stereocenters. The minimum atomic E-state index is -0.536. The molecule has 1 aliphatic heterocycles. The highest BCUT2D eigenvalue weighted by molar-refractivity contribution is 5.79. The van der Waals surface area contributed by atoms with Crippen LogP contribution in [0.2, 0.25) is 0 Å². The van der Waals surface area contributed by atoms with Crippen molar-refractivity contribution in [3.63, 3.8) is 0 Å². The summed E-state index contributed by atoms with van der Waals surface area (Å²) in [6, 6.07) is 2.86. The lowest BCUT2D eigenvalue weighted by Crippen LogP contribution is -2.37. The second-order valence-electron chi connectivity index (χ2n) is 7.65. The number of methoxy groups -OCH3 is 1. The monoisotopic (exact) mass is 404 g/mol. The highest BCUT2D eigenvalue weighted by Gasteiger charge is 2.27. The van der Waals surface area contributed by atoms with Gasteiger partial charge in [0, 0.05) is 32.2 Å². The summed E-state index contributed by atoms with van der Waals surface area (Å²) in [5, 5.41) is 0.303. The van der Waals surface area contributed by atoms with Crippen LogP contribution in [0.15, 0.2) is 16.9 Å². The van der Waals surface area contributed by atoms with E-state index in [9.17, 15) is 9.18 Å². The highest BCUT2D eigenvalue weighted by atomic mass is 19.1. The standard InChI is InChI=1S/C22H33FN4O2/c1-5-9-19(26-11-8-10-25(6-2)12-13-26)21-24-18-15-20(29-4)17(23)14-16(18)22(28)27(21)7-3/h14-15,19H,5-13H2,1-4H3. The van der Waals surface area contributed by atoms with E-state index < -0.39 is 5.82 Å². The zero-order chi connectivity index (χ0) is 21.0. The number of halogens is 1. The molecule has 7 heteroatoms. The molecule has 1 fully saturated rings. The molecule has 160 valence electrons. The number of hydrogen-bond donors (Lipinski definition) is 0. The topological polar surface area (TPSA) is 50.6 Å². The van der Waals surface area contributed by atoms with Crippen LogP contribution in [0.25, 0.3) is 10.9 Å². The fourth-order valence-electron chi connectivity index (χ4n) is 4.32. The molecule has 0 radical (unpaired) electrons. The van der Waals surface area contributed by atoms with Crippen LogP contribution in [0.4, 0.5) is 4.39 Å². The average molecular weight is 405 g/mol. The number of nitrogens with zero attached hydrogens (tertiary/aromatic N) is 4. The van der Waals surface area contributed by atoms with E-state index in [0.29, 0.717) is 17.4 Å². The molecule has 1 unspecified atom stereocenters. The van der Waals surface area contributed by atoms with E-state index in [4.69, 9.17) is 9.72 Å². The highest BCUT2D eigenvalue weighted by Crippen LogP contribution is 2.28. The quantitative estimate of drug-likeness (QED) is 0.708. The third kappa shape index (κ3) is 4.46. The van der Waals surface area contributed by atoms with Crippen LogP contribution in [-0.2, 0) is 6.54 Å². The minimum absolute atomic E-state index is 0.0740. The van der Waals surface area contributed by atoms with Gasteiger partial charge in [-0.05, 0) is 38.9 Å². The van der Waals surface area contributed by atoms with Crippen molar-refractivity contribution in [1.82, 2.24) is 19.4 Å². The first kappa shape index (κ1) is 21.7. The number of fused-ring (bicyclic) bond motifs is 1. The minimum Gasteiger partial charge on any atom is -0.494 e. The molecule has 1 aliphatic rings. The van der Waals surface area contributed by atoms with Gasteiger partial charge < -0.3 is 9.64 Å². The number of benzene rings is 1. The molecule has 0 N–H and O–H groups in total. The van der Waals surface area contributed by atoms with Crippen LogP contribution in [0.3, 0.4) is 0 Å². The molecule has 0 bridgehead atoms. The molecule has 1 aromatic heterocycles. The third-order valence-corrected chi connectivity index (χ3v) is 5.94. The van der Waals surface area contributed by atoms with E-state index in [-0.39, 0.29) is 17.4 Å². The molecular formula is C22H33FN4O2. The lowest BCUT2D eigenvalue weighted by molar-refractivity contribution is 0.177. The zero-order valence-electron chi connectivity index (χ0n) is 18.1. The largest absolute Gasteiger partial charge is 0.494 e. The Bertz CT molecular complexity index is 898. The molecule has 2 aromatic rings. The molecular weight excluding hydrogens is 371 g/mol. The number of hydrogen-bond acceptors (Lipinski definition) is 5. The number of ether oxygens (including phenoxy) is 1. The van der Waals surface area contributed by atoms with Gasteiger partial charge in [0.05, 0.1) is 24.1 Å². The van der Waals surface area contributed by atoms with Crippen LogP contribution in [0.1, 0.15) is 51.9 Å². The Hall–Kier alpha value is -1.99. The first-order valence-corrected chi connectivity index (χ1v) is 10.8. The Balaban J connectivity index is 2.10. The van der Waals surface area contributed by atoms with Gasteiger partial charge in [-0.2, -0.15) is 0 Å². The van der Waals surface area contributed by atoms with E-state index in [2.05, 4.69) is 23.6 Å². The van der Waals surface area contributed by atoms with E-state index in [1.54, 1.807) is 10.6 Å². The summed E-state index contributed by atoms with van der Waals surface area (Å²) in [7, 11) is 1.43. The Morgan fingerprint density at radius 3 is 2.59 bits per heavy atom. The van der Waals surface area contributed by atoms with E-state index in [1.165, 1.54) is 13.2 Å². The fraction of sp³-hybridized carbons (Fsp3) is 0.636. The summed E-state index contributed by atoms with van der Waals surface area (Å²) >= 11 is 0. The van der Waals surface area contributed by atoms with Crippen LogP contribution in [0.5, 0.6) is 5.75 Å². The summed E-state index contributed by atoms with van der Waals surface area (Å²) < 4.78 is 21.0. The molecule has 2 heterocycles. The number of aromatic nitrogens is 2. The Morgan fingerprint density at radius 1 is 1.14 bits per heavy atom. The van der Waals surface area contributed by atoms with E-state index in [1.807, 2.05) is 6.92 Å². The van der Waals surface area contributed by atoms with Crippen molar-refractivity contribution in [2.24, 2.45) is 0 Å². The molecule has 1 aromatic carbocycles. The lowest BCUT2D eigenvalue weighted by Gasteiger charge is -2.31. The fourth-order valence-corrected chi connectivity index (χ4v) is 4.32. The maximum atomic E-state index is 14.2. The predicted octanol–water partition coefficient (Wildman–Crippen LogP) is 3.43. The predicted molar refractivity (Wildman–Crippen MR) is 114 cm³/mol.